The fraction of sp³-hybridized carbons (Fsp3) is 0.500. The minimum atomic E-state index is -0.313. The lowest BCUT2D eigenvalue weighted by atomic mass is 10.0. The van der Waals surface area contributed by atoms with Crippen LogP contribution >= 0.6 is 0 Å². The molecule has 8 heteroatoms. The van der Waals surface area contributed by atoms with E-state index in [1.807, 2.05) is 0 Å². The Morgan fingerprint density at radius 1 is 0.889 bits per heavy atom. The zero-order valence-corrected chi connectivity index (χ0v) is 21.7. The maximum atomic E-state index is 13.5. The van der Waals surface area contributed by atoms with Crippen molar-refractivity contribution in [3.8, 4) is 17.2 Å². The van der Waals surface area contributed by atoms with Crippen LogP contribution in [-0.2, 0) is 0 Å². The fourth-order valence-corrected chi connectivity index (χ4v) is 4.98. The van der Waals surface area contributed by atoms with Gasteiger partial charge in [0.15, 0.2) is 11.5 Å². The molecule has 4 rings (SSSR count). The highest BCUT2D eigenvalue weighted by Gasteiger charge is 2.38. The van der Waals surface area contributed by atoms with Crippen LogP contribution in [0.15, 0.2) is 36.4 Å². The summed E-state index contributed by atoms with van der Waals surface area (Å²) in [4.78, 5) is 31.0. The van der Waals surface area contributed by atoms with Gasteiger partial charge in [-0.2, -0.15) is 0 Å². The molecule has 1 aliphatic heterocycles. The Bertz CT molecular complexity index is 1030. The van der Waals surface area contributed by atoms with E-state index in [4.69, 9.17) is 14.2 Å². The number of nitrogens with one attached hydrogen (secondary N) is 1. The van der Waals surface area contributed by atoms with Crippen molar-refractivity contribution < 1.29 is 23.8 Å². The van der Waals surface area contributed by atoms with E-state index < -0.39 is 0 Å². The topological polar surface area (TPSA) is 80.3 Å². The molecular weight excluding hydrogens is 458 g/mol. The zero-order chi connectivity index (χ0) is 25.7. The van der Waals surface area contributed by atoms with Crippen LogP contribution in [0, 0.1) is 0 Å². The molecule has 2 aliphatic rings. The third kappa shape index (κ3) is 5.75. The molecule has 36 heavy (non-hydrogen) atoms. The Morgan fingerprint density at radius 3 is 1.97 bits per heavy atom. The minimum absolute atomic E-state index is 0.0916. The molecular formula is C28H37N3O5. The van der Waals surface area contributed by atoms with E-state index in [2.05, 4.69) is 22.0 Å². The molecule has 2 amide bonds. The Labute approximate surface area is 213 Å². The summed E-state index contributed by atoms with van der Waals surface area (Å²) in [5.41, 5.74) is 1.64. The molecule has 0 atom stereocenters. The second-order valence-corrected chi connectivity index (χ2v) is 9.46. The number of hydrogen-bond acceptors (Lipinski definition) is 6. The molecule has 1 N–H and O–H groups in total. The van der Waals surface area contributed by atoms with Gasteiger partial charge in [0.05, 0.1) is 21.3 Å². The van der Waals surface area contributed by atoms with Gasteiger partial charge in [0, 0.05) is 42.0 Å². The van der Waals surface area contributed by atoms with E-state index >= 15 is 0 Å². The molecule has 0 unspecified atom stereocenters. The summed E-state index contributed by atoms with van der Waals surface area (Å²) in [6.07, 6.45) is 5.41. The smallest absolute Gasteiger partial charge is 0.255 e. The molecule has 8 nitrogen and oxygen atoms in total. The second kappa shape index (κ2) is 11.6. The van der Waals surface area contributed by atoms with Crippen LogP contribution in [0.4, 0.5) is 5.69 Å². The van der Waals surface area contributed by atoms with E-state index in [0.29, 0.717) is 46.1 Å². The largest absolute Gasteiger partial charge is 0.493 e. The number of carbonyl (C=O) groups is 2. The van der Waals surface area contributed by atoms with Gasteiger partial charge in [-0.3, -0.25) is 9.59 Å². The molecule has 1 heterocycles. The molecule has 2 aromatic rings. The summed E-state index contributed by atoms with van der Waals surface area (Å²) in [7, 11) is 4.53. The van der Waals surface area contributed by atoms with Crippen LogP contribution < -0.4 is 19.5 Å². The maximum absolute atomic E-state index is 13.5. The van der Waals surface area contributed by atoms with E-state index in [1.54, 1.807) is 36.4 Å². The number of nitrogens with zero attached hydrogens (tertiary/aromatic N) is 2. The summed E-state index contributed by atoms with van der Waals surface area (Å²) < 4.78 is 16.0. The molecule has 0 radical (unpaired) electrons. The summed E-state index contributed by atoms with van der Waals surface area (Å²) in [5, 5.41) is 2.89. The monoisotopic (exact) mass is 495 g/mol. The number of benzene rings is 2. The van der Waals surface area contributed by atoms with Gasteiger partial charge in [-0.15, -0.1) is 0 Å². The Morgan fingerprint density at radius 2 is 1.47 bits per heavy atom. The van der Waals surface area contributed by atoms with E-state index in [9.17, 15) is 9.59 Å². The van der Waals surface area contributed by atoms with Crippen molar-refractivity contribution >= 4 is 17.5 Å². The normalized spacial score (nSPS) is 16.3. The number of methoxy groups -OCH3 is 3. The van der Waals surface area contributed by atoms with Crippen molar-refractivity contribution in [2.24, 2.45) is 0 Å². The van der Waals surface area contributed by atoms with Gasteiger partial charge in [0.1, 0.15) is 0 Å². The van der Waals surface area contributed by atoms with Crippen molar-refractivity contribution in [3.63, 3.8) is 0 Å². The highest BCUT2D eigenvalue weighted by Crippen LogP contribution is 2.38. The van der Waals surface area contributed by atoms with Crippen LogP contribution in [0.5, 0.6) is 17.2 Å². The van der Waals surface area contributed by atoms with Gasteiger partial charge < -0.3 is 29.3 Å². The zero-order valence-electron chi connectivity index (χ0n) is 21.7. The van der Waals surface area contributed by atoms with Crippen LogP contribution in [0.3, 0.4) is 0 Å². The van der Waals surface area contributed by atoms with Crippen LogP contribution in [0.25, 0.3) is 0 Å². The SMILES string of the molecule is CCCN1CCC(N(C(=O)c2ccc(NC(=O)c3cc(OC)c(OC)c(OC)c3)cc2)C2CC2)CC1. The quantitative estimate of drug-likeness (QED) is 0.525. The summed E-state index contributed by atoms with van der Waals surface area (Å²) in [6.45, 7) is 5.46. The third-order valence-corrected chi connectivity index (χ3v) is 6.98. The van der Waals surface area contributed by atoms with Crippen LogP contribution in [-0.4, -0.2) is 74.7 Å². The van der Waals surface area contributed by atoms with Gasteiger partial charge in [0.2, 0.25) is 5.75 Å². The van der Waals surface area contributed by atoms with Gasteiger partial charge in [-0.25, -0.2) is 0 Å². The van der Waals surface area contributed by atoms with Crippen molar-refractivity contribution in [1.82, 2.24) is 9.80 Å². The van der Waals surface area contributed by atoms with Crippen LogP contribution in [0.1, 0.15) is 59.7 Å². The number of carbonyl (C=O) groups excluding carboxylic acids is 2. The maximum Gasteiger partial charge on any atom is 0.255 e. The Kier molecular flexibility index (Phi) is 8.36. The van der Waals surface area contributed by atoms with Crippen LogP contribution in [0.2, 0.25) is 0 Å². The molecule has 0 spiro atoms. The van der Waals surface area contributed by atoms with Gasteiger partial charge >= 0.3 is 0 Å². The number of anilines is 1. The Hall–Kier alpha value is -3.26. The standard InChI is InChI=1S/C28H37N3O5/c1-5-14-30-15-12-23(13-16-30)31(22-10-11-22)28(33)19-6-8-21(9-7-19)29-27(32)20-17-24(34-2)26(36-4)25(18-20)35-3/h6-9,17-18,22-23H,5,10-16H2,1-4H3,(H,29,32). The highest BCUT2D eigenvalue weighted by molar-refractivity contribution is 6.05. The summed E-state index contributed by atoms with van der Waals surface area (Å²) in [5.74, 6) is 1.02. The molecule has 1 saturated carbocycles. The predicted octanol–water partition coefficient (Wildman–Crippen LogP) is 4.44. The van der Waals surface area contributed by atoms with Crippen molar-refractivity contribution in [2.75, 3.05) is 46.3 Å². The Balaban J connectivity index is 1.43. The number of piperidine rings is 1. The first-order chi connectivity index (χ1) is 17.5. The molecule has 0 aromatic heterocycles. The lowest BCUT2D eigenvalue weighted by Gasteiger charge is -2.39. The average molecular weight is 496 g/mol. The minimum Gasteiger partial charge on any atom is -0.493 e. The van der Waals surface area contributed by atoms with Gasteiger partial charge in [-0.1, -0.05) is 6.92 Å². The van der Waals surface area contributed by atoms with E-state index in [1.165, 1.54) is 27.8 Å². The molecule has 0 bridgehead atoms. The third-order valence-electron chi connectivity index (χ3n) is 6.98. The number of ether oxygens (including phenoxy) is 3. The number of hydrogen-bond donors (Lipinski definition) is 1. The number of amides is 2. The van der Waals surface area contributed by atoms with Gasteiger partial charge in [0.25, 0.3) is 11.8 Å². The summed E-state index contributed by atoms with van der Waals surface area (Å²) in [6, 6.07) is 11.0. The lowest BCUT2D eigenvalue weighted by molar-refractivity contribution is 0.0549. The molecule has 1 aliphatic carbocycles. The van der Waals surface area contributed by atoms with Crippen molar-refractivity contribution in [2.45, 2.75) is 51.1 Å². The van der Waals surface area contributed by atoms with E-state index in [0.717, 1.165) is 45.3 Å². The summed E-state index contributed by atoms with van der Waals surface area (Å²) >= 11 is 0. The van der Waals surface area contributed by atoms with E-state index in [-0.39, 0.29) is 11.8 Å². The molecule has 1 saturated heterocycles. The molecule has 2 aromatic carbocycles. The first kappa shape index (κ1) is 25.8. The fourth-order valence-electron chi connectivity index (χ4n) is 4.98. The van der Waals surface area contributed by atoms with Crippen molar-refractivity contribution in [3.05, 3.63) is 47.5 Å². The lowest BCUT2D eigenvalue weighted by Crippen LogP contribution is -2.48. The first-order valence-electron chi connectivity index (χ1n) is 12.8. The molecule has 2 fully saturated rings. The number of likely N-dealkylation sites (tertiary alicyclic amines) is 1. The number of rotatable bonds is 10. The average Bonchev–Trinajstić information content (AvgIpc) is 3.74. The second-order valence-electron chi connectivity index (χ2n) is 9.46. The first-order valence-corrected chi connectivity index (χ1v) is 12.8. The predicted molar refractivity (Wildman–Crippen MR) is 139 cm³/mol. The van der Waals surface area contributed by atoms with Gasteiger partial charge in [-0.05, 0) is 75.0 Å². The van der Waals surface area contributed by atoms with Crippen molar-refractivity contribution in [1.29, 1.82) is 0 Å². The highest BCUT2D eigenvalue weighted by atomic mass is 16.5. The molecule has 194 valence electrons.